The van der Waals surface area contributed by atoms with Crippen molar-refractivity contribution in [1.82, 2.24) is 0 Å². The summed E-state index contributed by atoms with van der Waals surface area (Å²) in [7, 11) is 0. The monoisotopic (exact) mass is 472 g/mol. The Hall–Kier alpha value is -3.74. The Bertz CT molecular complexity index is 1490. The molecule has 5 nitrogen and oxygen atoms in total. The normalized spacial score (nSPS) is 14.8. The van der Waals surface area contributed by atoms with Crippen molar-refractivity contribution in [2.45, 2.75) is 6.92 Å². The molecule has 0 unspecified atom stereocenters. The maximum Gasteiger partial charge on any atom is 0.335 e. The van der Waals surface area contributed by atoms with Gasteiger partial charge in [0.15, 0.2) is 5.84 Å². The van der Waals surface area contributed by atoms with Gasteiger partial charge in [0, 0.05) is 10.1 Å². The highest BCUT2D eigenvalue weighted by atomic mass is 35.5. The molecule has 5 rings (SSSR count). The van der Waals surface area contributed by atoms with Crippen LogP contribution in [0, 0.1) is 6.92 Å². The van der Waals surface area contributed by atoms with E-state index in [4.69, 9.17) is 21.7 Å². The number of carboxylic acid groups (broad SMARTS) is 1. The number of amidine groups is 1. The Balaban J connectivity index is 1.65. The molecule has 0 radical (unpaired) electrons. The molecule has 0 bridgehead atoms. The predicted molar refractivity (Wildman–Crippen MR) is 133 cm³/mol. The number of aliphatic imine (C=N–C) groups is 1. The number of benzene rings is 3. The summed E-state index contributed by atoms with van der Waals surface area (Å²) in [6.07, 6.45) is 1.66. The van der Waals surface area contributed by atoms with Gasteiger partial charge in [-0.05, 0) is 54.5 Å². The molecule has 0 spiro atoms. The first-order chi connectivity index (χ1) is 15.9. The number of halogens is 1. The number of carbonyl (C=O) groups excluding carboxylic acids is 1. The van der Waals surface area contributed by atoms with E-state index >= 15 is 0 Å². The molecular formula is C26H17ClN2O3S. The first-order valence-corrected chi connectivity index (χ1v) is 11.3. The van der Waals surface area contributed by atoms with Crippen LogP contribution in [0.4, 0.5) is 5.69 Å². The number of fused-ring (bicyclic) bond motifs is 1. The lowest BCUT2D eigenvalue weighted by molar-refractivity contribution is -0.113. The fourth-order valence-electron chi connectivity index (χ4n) is 3.71. The van der Waals surface area contributed by atoms with E-state index in [1.807, 2.05) is 55.5 Å². The van der Waals surface area contributed by atoms with Crippen molar-refractivity contribution in [1.29, 1.82) is 0 Å². The first kappa shape index (κ1) is 21.1. The minimum Gasteiger partial charge on any atom is -0.478 e. The molecule has 0 saturated carbocycles. The Morgan fingerprint density at radius 3 is 2.52 bits per heavy atom. The SMILES string of the molecule is Cc1cccc(N2C(=O)/C(=C\c3ccc(C(=O)O)cc3)N=C2c2sc3ccccc3c2Cl)c1. The highest BCUT2D eigenvalue weighted by molar-refractivity contribution is 7.21. The second-order valence-corrected chi connectivity index (χ2v) is 9.04. The Kier molecular flexibility index (Phi) is 5.32. The Morgan fingerprint density at radius 2 is 1.82 bits per heavy atom. The summed E-state index contributed by atoms with van der Waals surface area (Å²) in [5.74, 6) is -0.798. The van der Waals surface area contributed by atoms with Crippen LogP contribution in [0.1, 0.15) is 26.4 Å². The summed E-state index contributed by atoms with van der Waals surface area (Å²) >= 11 is 8.23. The predicted octanol–water partition coefficient (Wildman–Crippen LogP) is 6.40. The molecule has 7 heteroatoms. The van der Waals surface area contributed by atoms with Gasteiger partial charge in [-0.25, -0.2) is 9.79 Å². The Morgan fingerprint density at radius 1 is 1.06 bits per heavy atom. The van der Waals surface area contributed by atoms with Crippen molar-refractivity contribution >= 4 is 62.5 Å². The number of anilines is 1. The standard InChI is InChI=1S/C26H17ClN2O3S/c1-15-5-4-6-18(13-15)29-24(23-22(27)19-7-2-3-8-21(19)33-23)28-20(25(29)30)14-16-9-11-17(12-10-16)26(31)32/h2-14H,1H3,(H,31,32)/b20-14+. The van der Waals surface area contributed by atoms with E-state index in [2.05, 4.69) is 0 Å². The summed E-state index contributed by atoms with van der Waals surface area (Å²) < 4.78 is 1.01. The van der Waals surface area contributed by atoms with Gasteiger partial charge in [-0.1, -0.05) is 54.1 Å². The number of nitrogens with zero attached hydrogens (tertiary/aromatic N) is 2. The van der Waals surface area contributed by atoms with Crippen LogP contribution in [0.25, 0.3) is 16.2 Å². The maximum absolute atomic E-state index is 13.5. The molecule has 0 saturated heterocycles. The third kappa shape index (κ3) is 3.84. The van der Waals surface area contributed by atoms with Gasteiger partial charge in [0.25, 0.3) is 5.91 Å². The van der Waals surface area contributed by atoms with Crippen molar-refractivity contribution < 1.29 is 14.7 Å². The lowest BCUT2D eigenvalue weighted by Crippen LogP contribution is -2.32. The second-order valence-electron chi connectivity index (χ2n) is 7.61. The van der Waals surface area contributed by atoms with Crippen LogP contribution in [0.2, 0.25) is 5.02 Å². The maximum atomic E-state index is 13.5. The number of hydrogen-bond donors (Lipinski definition) is 1. The van der Waals surface area contributed by atoms with Crippen molar-refractivity contribution in [3.63, 3.8) is 0 Å². The number of hydrogen-bond acceptors (Lipinski definition) is 4. The van der Waals surface area contributed by atoms with Crippen molar-refractivity contribution in [2.24, 2.45) is 4.99 Å². The zero-order chi connectivity index (χ0) is 23.1. The summed E-state index contributed by atoms with van der Waals surface area (Å²) in [4.78, 5) is 31.7. The van der Waals surface area contributed by atoms with Gasteiger partial charge in [-0.2, -0.15) is 0 Å². The van der Waals surface area contributed by atoms with E-state index in [-0.39, 0.29) is 17.2 Å². The second kappa shape index (κ2) is 8.31. The molecule has 1 amide bonds. The van der Waals surface area contributed by atoms with E-state index in [0.29, 0.717) is 22.1 Å². The van der Waals surface area contributed by atoms with E-state index in [9.17, 15) is 9.59 Å². The molecule has 0 fully saturated rings. The van der Waals surface area contributed by atoms with Gasteiger partial charge < -0.3 is 5.11 Å². The number of thiophene rings is 1. The highest BCUT2D eigenvalue weighted by Crippen LogP contribution is 2.39. The molecule has 0 atom stereocenters. The average molecular weight is 473 g/mol. The summed E-state index contributed by atoms with van der Waals surface area (Å²) in [5, 5.41) is 10.6. The van der Waals surface area contributed by atoms with Crippen LogP contribution in [0.3, 0.4) is 0 Å². The molecule has 1 aromatic heterocycles. The summed E-state index contributed by atoms with van der Waals surface area (Å²) in [6, 6.07) is 21.8. The van der Waals surface area contributed by atoms with E-state index in [1.165, 1.54) is 23.5 Å². The molecule has 1 aliphatic heterocycles. The third-order valence-corrected chi connectivity index (χ3v) is 6.99. The molecular weight excluding hydrogens is 456 g/mol. The number of carboxylic acids is 1. The van der Waals surface area contributed by atoms with Crippen molar-refractivity contribution in [2.75, 3.05) is 4.90 Å². The van der Waals surface area contributed by atoms with Crippen LogP contribution >= 0.6 is 22.9 Å². The third-order valence-electron chi connectivity index (χ3n) is 5.32. The van der Waals surface area contributed by atoms with Crippen LogP contribution in [0.5, 0.6) is 0 Å². The summed E-state index contributed by atoms with van der Waals surface area (Å²) in [6.45, 7) is 1.97. The van der Waals surface area contributed by atoms with Crippen LogP contribution in [-0.2, 0) is 4.79 Å². The molecule has 162 valence electrons. The first-order valence-electron chi connectivity index (χ1n) is 10.1. The number of aryl methyl sites for hydroxylation is 1. The van der Waals surface area contributed by atoms with Crippen LogP contribution < -0.4 is 4.90 Å². The van der Waals surface area contributed by atoms with E-state index in [1.54, 1.807) is 23.1 Å². The quantitative estimate of drug-likeness (QED) is 0.349. The number of amides is 1. The van der Waals surface area contributed by atoms with Crippen LogP contribution in [0.15, 0.2) is 83.5 Å². The minimum absolute atomic E-state index is 0.178. The molecule has 3 aromatic carbocycles. The van der Waals surface area contributed by atoms with Crippen LogP contribution in [-0.4, -0.2) is 22.8 Å². The molecule has 33 heavy (non-hydrogen) atoms. The highest BCUT2D eigenvalue weighted by Gasteiger charge is 2.35. The van der Waals surface area contributed by atoms with E-state index < -0.39 is 5.97 Å². The fraction of sp³-hybridized carbons (Fsp3) is 0.0385. The molecule has 4 aromatic rings. The molecule has 1 aliphatic rings. The lowest BCUT2D eigenvalue weighted by atomic mass is 10.1. The Labute approximate surface area is 198 Å². The summed E-state index contributed by atoms with van der Waals surface area (Å²) in [5.41, 5.74) is 2.83. The lowest BCUT2D eigenvalue weighted by Gasteiger charge is -2.18. The van der Waals surface area contributed by atoms with Gasteiger partial charge in [0.05, 0.1) is 21.2 Å². The smallest absolute Gasteiger partial charge is 0.335 e. The van der Waals surface area contributed by atoms with Gasteiger partial charge in [-0.15, -0.1) is 11.3 Å². The van der Waals surface area contributed by atoms with Gasteiger partial charge in [-0.3, -0.25) is 9.69 Å². The fourth-order valence-corrected chi connectivity index (χ4v) is 5.21. The largest absolute Gasteiger partial charge is 0.478 e. The van der Waals surface area contributed by atoms with Gasteiger partial charge >= 0.3 is 5.97 Å². The zero-order valence-electron chi connectivity index (χ0n) is 17.4. The number of carbonyl (C=O) groups is 2. The topological polar surface area (TPSA) is 70.0 Å². The minimum atomic E-state index is -1.00. The van der Waals surface area contributed by atoms with Gasteiger partial charge in [0.2, 0.25) is 0 Å². The average Bonchev–Trinajstić information content (AvgIpc) is 3.31. The zero-order valence-corrected chi connectivity index (χ0v) is 19.0. The number of aromatic carboxylic acids is 1. The molecule has 2 heterocycles. The van der Waals surface area contributed by atoms with E-state index in [0.717, 1.165) is 20.5 Å². The number of rotatable bonds is 4. The van der Waals surface area contributed by atoms with Crippen molar-refractivity contribution in [3.05, 3.63) is 105 Å². The molecule has 1 N–H and O–H groups in total. The molecule has 0 aliphatic carbocycles. The van der Waals surface area contributed by atoms with Crippen molar-refractivity contribution in [3.8, 4) is 0 Å². The van der Waals surface area contributed by atoms with Gasteiger partial charge in [0.1, 0.15) is 5.70 Å².